The lowest BCUT2D eigenvalue weighted by atomic mass is 10.1. The number of nitrogens with one attached hydrogen (secondary N) is 1. The van der Waals surface area contributed by atoms with Crippen molar-refractivity contribution in [2.24, 2.45) is 7.05 Å². The average molecular weight is 306 g/mol. The van der Waals surface area contributed by atoms with Crippen LogP contribution >= 0.6 is 0 Å². The summed E-state index contributed by atoms with van der Waals surface area (Å²) in [6, 6.07) is 15.0. The zero-order valence-corrected chi connectivity index (χ0v) is 13.2. The number of anilines is 1. The monoisotopic (exact) mass is 306 g/mol. The number of hydrogen-bond acceptors (Lipinski definition) is 2. The Kier molecular flexibility index (Phi) is 3.98. The highest BCUT2D eigenvalue weighted by Crippen LogP contribution is 2.21. The summed E-state index contributed by atoms with van der Waals surface area (Å²) in [5.41, 5.74) is 3.44. The lowest BCUT2D eigenvalue weighted by Crippen LogP contribution is -2.14. The van der Waals surface area contributed by atoms with Crippen LogP contribution in [0.3, 0.4) is 0 Å². The Labute approximate surface area is 134 Å². The quantitative estimate of drug-likeness (QED) is 0.749. The summed E-state index contributed by atoms with van der Waals surface area (Å²) in [6.07, 6.45) is 2.30. The molecule has 0 fully saturated rings. The fraction of sp³-hybridized carbons (Fsp3) is 0.158. The predicted molar refractivity (Wildman–Crippen MR) is 91.7 cm³/mol. The molecule has 1 heterocycles. The zero-order chi connectivity index (χ0) is 16.4. The van der Waals surface area contributed by atoms with E-state index in [1.807, 2.05) is 42.1 Å². The average Bonchev–Trinajstić information content (AvgIpc) is 2.84. The van der Waals surface area contributed by atoms with Gasteiger partial charge in [0.25, 0.3) is 0 Å². The minimum Gasteiger partial charge on any atom is -0.350 e. The van der Waals surface area contributed by atoms with Crippen LogP contribution in [0.5, 0.6) is 0 Å². The van der Waals surface area contributed by atoms with Crippen LogP contribution in [-0.2, 0) is 18.3 Å². The smallest absolute Gasteiger partial charge is 0.228 e. The van der Waals surface area contributed by atoms with Gasteiger partial charge in [0.15, 0.2) is 5.78 Å². The molecule has 0 atom stereocenters. The molecule has 0 aliphatic heterocycles. The number of carbonyl (C=O) groups is 2. The van der Waals surface area contributed by atoms with Gasteiger partial charge < -0.3 is 9.88 Å². The topological polar surface area (TPSA) is 51.1 Å². The first-order valence-electron chi connectivity index (χ1n) is 7.48. The maximum atomic E-state index is 12.3. The van der Waals surface area contributed by atoms with Crippen molar-refractivity contribution in [3.05, 3.63) is 65.9 Å². The minimum atomic E-state index is -0.0723. The van der Waals surface area contributed by atoms with Gasteiger partial charge in [-0.1, -0.05) is 18.2 Å². The maximum absolute atomic E-state index is 12.3. The normalized spacial score (nSPS) is 10.7. The molecule has 116 valence electrons. The SMILES string of the molecule is CC(=O)c1ccc(NC(=O)Cc2cn(C)c3ccccc23)cc1. The number of aryl methyl sites for hydroxylation is 1. The molecular formula is C19H18N2O2. The molecule has 1 N–H and O–H groups in total. The van der Waals surface area contributed by atoms with Crippen molar-refractivity contribution in [1.82, 2.24) is 4.57 Å². The summed E-state index contributed by atoms with van der Waals surface area (Å²) in [5, 5.41) is 3.97. The van der Waals surface area contributed by atoms with Crippen LogP contribution in [0.1, 0.15) is 22.8 Å². The van der Waals surface area contributed by atoms with E-state index >= 15 is 0 Å². The molecular weight excluding hydrogens is 288 g/mol. The van der Waals surface area contributed by atoms with E-state index in [9.17, 15) is 9.59 Å². The lowest BCUT2D eigenvalue weighted by molar-refractivity contribution is -0.115. The van der Waals surface area contributed by atoms with Gasteiger partial charge in [0.2, 0.25) is 5.91 Å². The highest BCUT2D eigenvalue weighted by atomic mass is 16.1. The molecule has 0 spiro atoms. The van der Waals surface area contributed by atoms with E-state index < -0.39 is 0 Å². The second kappa shape index (κ2) is 6.08. The third kappa shape index (κ3) is 3.16. The molecule has 4 heteroatoms. The molecule has 0 saturated carbocycles. The van der Waals surface area contributed by atoms with Gasteiger partial charge in [-0.3, -0.25) is 9.59 Å². The van der Waals surface area contributed by atoms with E-state index in [2.05, 4.69) is 5.32 Å². The minimum absolute atomic E-state index is 0.0126. The number of rotatable bonds is 4. The fourth-order valence-electron chi connectivity index (χ4n) is 2.73. The Morgan fingerprint density at radius 2 is 1.74 bits per heavy atom. The Morgan fingerprint density at radius 1 is 1.04 bits per heavy atom. The maximum Gasteiger partial charge on any atom is 0.228 e. The molecule has 1 aromatic heterocycles. The molecule has 4 nitrogen and oxygen atoms in total. The van der Waals surface area contributed by atoms with Gasteiger partial charge in [-0.25, -0.2) is 0 Å². The molecule has 23 heavy (non-hydrogen) atoms. The van der Waals surface area contributed by atoms with Crippen molar-refractivity contribution >= 4 is 28.3 Å². The first-order chi connectivity index (χ1) is 11.0. The van der Waals surface area contributed by atoms with Crippen molar-refractivity contribution in [1.29, 1.82) is 0 Å². The summed E-state index contributed by atoms with van der Waals surface area (Å²) >= 11 is 0. The third-order valence-electron chi connectivity index (χ3n) is 3.91. The second-order valence-electron chi connectivity index (χ2n) is 5.64. The van der Waals surface area contributed by atoms with Crippen LogP contribution in [-0.4, -0.2) is 16.3 Å². The lowest BCUT2D eigenvalue weighted by Gasteiger charge is -2.05. The van der Waals surface area contributed by atoms with Crippen LogP contribution in [0.15, 0.2) is 54.7 Å². The van der Waals surface area contributed by atoms with Crippen molar-refractivity contribution in [3.63, 3.8) is 0 Å². The standard InChI is InChI=1S/C19H18N2O2/c1-13(22)14-7-9-16(10-8-14)20-19(23)11-15-12-21(2)18-6-4-3-5-17(15)18/h3-10,12H,11H2,1-2H3,(H,20,23). The highest BCUT2D eigenvalue weighted by Gasteiger charge is 2.10. The summed E-state index contributed by atoms with van der Waals surface area (Å²) < 4.78 is 2.03. The van der Waals surface area contributed by atoms with Gasteiger partial charge in [-0.2, -0.15) is 0 Å². The van der Waals surface area contributed by atoms with Gasteiger partial charge >= 0.3 is 0 Å². The van der Waals surface area contributed by atoms with E-state index in [1.54, 1.807) is 24.3 Å². The Morgan fingerprint density at radius 3 is 2.43 bits per heavy atom. The van der Waals surface area contributed by atoms with Crippen LogP contribution < -0.4 is 5.32 Å². The van der Waals surface area contributed by atoms with Gasteiger partial charge in [0.1, 0.15) is 0 Å². The Hall–Kier alpha value is -2.88. The first kappa shape index (κ1) is 15.0. The summed E-state index contributed by atoms with van der Waals surface area (Å²) in [6.45, 7) is 1.52. The van der Waals surface area contributed by atoms with Crippen molar-refractivity contribution in [2.45, 2.75) is 13.3 Å². The van der Waals surface area contributed by atoms with Crippen molar-refractivity contribution in [2.75, 3.05) is 5.32 Å². The number of benzene rings is 2. The molecule has 0 aliphatic carbocycles. The number of nitrogens with zero attached hydrogens (tertiary/aromatic N) is 1. The molecule has 0 radical (unpaired) electrons. The van der Waals surface area contributed by atoms with Crippen LogP contribution in [0.4, 0.5) is 5.69 Å². The number of hydrogen-bond donors (Lipinski definition) is 1. The van der Waals surface area contributed by atoms with E-state index in [1.165, 1.54) is 6.92 Å². The van der Waals surface area contributed by atoms with Crippen LogP contribution in [0, 0.1) is 0 Å². The van der Waals surface area contributed by atoms with E-state index in [0.29, 0.717) is 17.7 Å². The molecule has 3 rings (SSSR count). The largest absolute Gasteiger partial charge is 0.350 e. The van der Waals surface area contributed by atoms with Crippen LogP contribution in [0.2, 0.25) is 0 Å². The number of para-hydroxylation sites is 1. The Balaban J connectivity index is 1.75. The summed E-state index contributed by atoms with van der Waals surface area (Å²) in [5.74, 6) is -0.0597. The number of aromatic nitrogens is 1. The van der Waals surface area contributed by atoms with E-state index in [4.69, 9.17) is 0 Å². The molecule has 0 aliphatic rings. The molecule has 3 aromatic rings. The fourth-order valence-corrected chi connectivity index (χ4v) is 2.73. The third-order valence-corrected chi connectivity index (χ3v) is 3.91. The number of Topliss-reactive ketones (excluding diaryl/α,β-unsaturated/α-hetero) is 1. The number of ketones is 1. The van der Waals surface area contributed by atoms with Gasteiger partial charge in [-0.05, 0) is 42.8 Å². The molecule has 0 saturated heterocycles. The molecule has 2 aromatic carbocycles. The van der Waals surface area contributed by atoms with Gasteiger partial charge in [0.05, 0.1) is 6.42 Å². The number of carbonyl (C=O) groups excluding carboxylic acids is 2. The van der Waals surface area contributed by atoms with Crippen molar-refractivity contribution in [3.8, 4) is 0 Å². The van der Waals surface area contributed by atoms with E-state index in [0.717, 1.165) is 16.5 Å². The van der Waals surface area contributed by atoms with Gasteiger partial charge in [0, 0.05) is 35.4 Å². The first-order valence-corrected chi connectivity index (χ1v) is 7.48. The van der Waals surface area contributed by atoms with E-state index in [-0.39, 0.29) is 11.7 Å². The Bertz CT molecular complexity index is 876. The highest BCUT2D eigenvalue weighted by molar-refractivity contribution is 5.97. The second-order valence-corrected chi connectivity index (χ2v) is 5.64. The van der Waals surface area contributed by atoms with Crippen molar-refractivity contribution < 1.29 is 9.59 Å². The summed E-state index contributed by atoms with van der Waals surface area (Å²) in [4.78, 5) is 23.5. The summed E-state index contributed by atoms with van der Waals surface area (Å²) in [7, 11) is 1.98. The predicted octanol–water partition coefficient (Wildman–Crippen LogP) is 3.56. The number of fused-ring (bicyclic) bond motifs is 1. The van der Waals surface area contributed by atoms with Crippen LogP contribution in [0.25, 0.3) is 10.9 Å². The molecule has 1 amide bonds. The molecule has 0 unspecified atom stereocenters. The molecule has 0 bridgehead atoms. The zero-order valence-electron chi connectivity index (χ0n) is 13.2. The number of amides is 1. The van der Waals surface area contributed by atoms with Gasteiger partial charge in [-0.15, -0.1) is 0 Å².